The van der Waals surface area contributed by atoms with Gasteiger partial charge in [0.15, 0.2) is 4.77 Å². The number of hydrogen-bond acceptors (Lipinski definition) is 4. The lowest BCUT2D eigenvalue weighted by Crippen LogP contribution is -2.26. The first-order valence-electron chi connectivity index (χ1n) is 5.04. The van der Waals surface area contributed by atoms with Crippen LogP contribution in [-0.4, -0.2) is 22.5 Å². The molecule has 2 rings (SSSR count). The molecule has 0 unspecified atom stereocenters. The molecule has 5 nitrogen and oxygen atoms in total. The van der Waals surface area contributed by atoms with E-state index in [9.17, 15) is 9.59 Å². The van der Waals surface area contributed by atoms with Crippen LogP contribution in [0.5, 0.6) is 0 Å². The largest absolute Gasteiger partial charge is 0.359 e. The summed E-state index contributed by atoms with van der Waals surface area (Å²) in [6.07, 6.45) is 0.240. The van der Waals surface area contributed by atoms with Gasteiger partial charge in [0.05, 0.1) is 5.39 Å². The van der Waals surface area contributed by atoms with E-state index in [1.807, 2.05) is 5.38 Å². The third-order valence-electron chi connectivity index (χ3n) is 2.45. The van der Waals surface area contributed by atoms with Crippen LogP contribution in [-0.2, 0) is 11.3 Å². The Hall–Kier alpha value is -1.47. The zero-order valence-corrected chi connectivity index (χ0v) is 10.8. The molecule has 7 heteroatoms. The predicted octanol–water partition coefficient (Wildman–Crippen LogP) is 1.26. The topological polar surface area (TPSA) is 66.9 Å². The third-order valence-corrected chi connectivity index (χ3v) is 3.60. The number of H-pyrrole nitrogens is 1. The van der Waals surface area contributed by atoms with Crippen molar-refractivity contribution in [2.45, 2.75) is 13.0 Å². The maximum absolute atomic E-state index is 12.1. The lowest BCUT2D eigenvalue weighted by atomic mass is 10.3. The standard InChI is InChI=1S/C10H11N3O2S2/c1-11-7(14)2-4-13-9(15)6-3-5-17-8(6)12-10(13)16/h3,5H,2,4H2,1H3,(H,11,14)(H,12,16). The second-order valence-corrected chi connectivity index (χ2v) is 4.78. The number of fused-ring (bicyclic) bond motifs is 1. The first kappa shape index (κ1) is 12.0. The van der Waals surface area contributed by atoms with Gasteiger partial charge in [0, 0.05) is 20.0 Å². The van der Waals surface area contributed by atoms with Crippen molar-refractivity contribution in [3.05, 3.63) is 26.6 Å². The number of aromatic nitrogens is 2. The Morgan fingerprint density at radius 3 is 3.12 bits per heavy atom. The molecule has 0 aromatic carbocycles. The molecule has 0 aliphatic rings. The Bertz CT molecular complexity index is 668. The molecule has 0 spiro atoms. The number of thiophene rings is 1. The molecule has 0 bridgehead atoms. The SMILES string of the molecule is CNC(=O)CCn1c(=S)[nH]c2sccc2c1=O. The van der Waals surface area contributed by atoms with Gasteiger partial charge in [-0.1, -0.05) is 0 Å². The molecule has 90 valence electrons. The molecule has 0 saturated carbocycles. The first-order chi connectivity index (χ1) is 8.13. The maximum Gasteiger partial charge on any atom is 0.263 e. The molecular weight excluding hydrogens is 258 g/mol. The van der Waals surface area contributed by atoms with Gasteiger partial charge >= 0.3 is 0 Å². The Kier molecular flexibility index (Phi) is 3.39. The van der Waals surface area contributed by atoms with Gasteiger partial charge < -0.3 is 10.3 Å². The minimum atomic E-state index is -0.145. The highest BCUT2D eigenvalue weighted by atomic mass is 32.1. The smallest absolute Gasteiger partial charge is 0.263 e. The van der Waals surface area contributed by atoms with Gasteiger partial charge in [-0.15, -0.1) is 11.3 Å². The summed E-state index contributed by atoms with van der Waals surface area (Å²) in [5.41, 5.74) is -0.145. The van der Waals surface area contributed by atoms with E-state index in [1.54, 1.807) is 13.1 Å². The summed E-state index contributed by atoms with van der Waals surface area (Å²) in [5.74, 6) is -0.114. The minimum Gasteiger partial charge on any atom is -0.359 e. The number of aromatic amines is 1. The fourth-order valence-corrected chi connectivity index (χ4v) is 2.64. The molecule has 0 saturated heterocycles. The number of rotatable bonds is 3. The number of nitrogens with one attached hydrogen (secondary N) is 2. The molecule has 0 fully saturated rings. The van der Waals surface area contributed by atoms with Crippen LogP contribution in [0.1, 0.15) is 6.42 Å². The second-order valence-electron chi connectivity index (χ2n) is 3.47. The van der Waals surface area contributed by atoms with Crippen LogP contribution < -0.4 is 10.9 Å². The molecule has 1 amide bonds. The Balaban J connectivity index is 2.43. The van der Waals surface area contributed by atoms with Crippen LogP contribution in [0, 0.1) is 4.77 Å². The highest BCUT2D eigenvalue weighted by Gasteiger charge is 2.07. The highest BCUT2D eigenvalue weighted by molar-refractivity contribution is 7.71. The molecule has 2 aromatic rings. The third kappa shape index (κ3) is 2.29. The molecule has 2 N–H and O–H groups in total. The van der Waals surface area contributed by atoms with Crippen LogP contribution >= 0.6 is 23.6 Å². The van der Waals surface area contributed by atoms with Crippen molar-refractivity contribution >= 4 is 39.7 Å². The van der Waals surface area contributed by atoms with E-state index in [0.29, 0.717) is 16.7 Å². The van der Waals surface area contributed by atoms with E-state index in [-0.39, 0.29) is 17.9 Å². The van der Waals surface area contributed by atoms with E-state index >= 15 is 0 Å². The number of carbonyl (C=O) groups excluding carboxylic acids is 1. The van der Waals surface area contributed by atoms with E-state index in [2.05, 4.69) is 10.3 Å². The summed E-state index contributed by atoms with van der Waals surface area (Å²) >= 11 is 6.54. The molecular formula is C10H11N3O2S2. The van der Waals surface area contributed by atoms with E-state index in [1.165, 1.54) is 15.9 Å². The average Bonchev–Trinajstić information content (AvgIpc) is 2.76. The summed E-state index contributed by atoms with van der Waals surface area (Å²) < 4.78 is 1.77. The fraction of sp³-hybridized carbons (Fsp3) is 0.300. The predicted molar refractivity (Wildman–Crippen MR) is 70.0 cm³/mol. The summed E-state index contributed by atoms with van der Waals surface area (Å²) in [4.78, 5) is 27.0. The van der Waals surface area contributed by atoms with E-state index in [0.717, 1.165) is 4.83 Å². The molecule has 17 heavy (non-hydrogen) atoms. The highest BCUT2D eigenvalue weighted by Crippen LogP contribution is 2.13. The normalized spacial score (nSPS) is 10.6. The molecule has 2 heterocycles. The molecule has 0 aliphatic heterocycles. The van der Waals surface area contributed by atoms with Crippen LogP contribution in [0.25, 0.3) is 10.2 Å². The quantitative estimate of drug-likeness (QED) is 0.824. The average molecular weight is 269 g/mol. The fourth-order valence-electron chi connectivity index (χ4n) is 1.52. The van der Waals surface area contributed by atoms with Gasteiger partial charge in [-0.25, -0.2) is 0 Å². The van der Waals surface area contributed by atoms with Crippen molar-refractivity contribution in [2.75, 3.05) is 7.05 Å². The zero-order valence-electron chi connectivity index (χ0n) is 9.15. The molecule has 2 aromatic heterocycles. The first-order valence-corrected chi connectivity index (χ1v) is 6.33. The van der Waals surface area contributed by atoms with Gasteiger partial charge in [-0.3, -0.25) is 14.2 Å². The van der Waals surface area contributed by atoms with Gasteiger partial charge in [0.25, 0.3) is 5.56 Å². The van der Waals surface area contributed by atoms with Gasteiger partial charge in [0.2, 0.25) is 5.91 Å². The number of hydrogen-bond donors (Lipinski definition) is 2. The van der Waals surface area contributed by atoms with Crippen LogP contribution in [0.2, 0.25) is 0 Å². The van der Waals surface area contributed by atoms with Gasteiger partial charge in [-0.2, -0.15) is 0 Å². The zero-order chi connectivity index (χ0) is 12.4. The second kappa shape index (κ2) is 4.80. The minimum absolute atomic E-state index is 0.114. The van der Waals surface area contributed by atoms with Crippen LogP contribution in [0.15, 0.2) is 16.2 Å². The summed E-state index contributed by atoms with van der Waals surface area (Å²) in [6, 6.07) is 1.75. The Morgan fingerprint density at radius 2 is 2.41 bits per heavy atom. The van der Waals surface area contributed by atoms with Gasteiger partial charge in [0.1, 0.15) is 4.83 Å². The van der Waals surface area contributed by atoms with Crippen molar-refractivity contribution in [1.29, 1.82) is 0 Å². The van der Waals surface area contributed by atoms with E-state index < -0.39 is 0 Å². The lowest BCUT2D eigenvalue weighted by Gasteiger charge is -2.05. The maximum atomic E-state index is 12.1. The monoisotopic (exact) mass is 269 g/mol. The van der Waals surface area contributed by atoms with Crippen molar-refractivity contribution in [1.82, 2.24) is 14.9 Å². The van der Waals surface area contributed by atoms with Gasteiger partial charge in [-0.05, 0) is 23.7 Å². The molecule has 0 radical (unpaired) electrons. The summed E-state index contributed by atoms with van der Waals surface area (Å²) in [7, 11) is 1.56. The van der Waals surface area contributed by atoms with Crippen molar-refractivity contribution in [3.8, 4) is 0 Å². The number of nitrogens with zero attached hydrogens (tertiary/aromatic N) is 1. The Labute approximate surface area is 106 Å². The van der Waals surface area contributed by atoms with Crippen molar-refractivity contribution in [2.24, 2.45) is 0 Å². The van der Waals surface area contributed by atoms with Crippen molar-refractivity contribution in [3.63, 3.8) is 0 Å². The molecule has 0 atom stereocenters. The number of amides is 1. The lowest BCUT2D eigenvalue weighted by molar-refractivity contribution is -0.120. The van der Waals surface area contributed by atoms with Crippen LogP contribution in [0.4, 0.5) is 0 Å². The van der Waals surface area contributed by atoms with Crippen molar-refractivity contribution < 1.29 is 4.79 Å². The molecule has 0 aliphatic carbocycles. The summed E-state index contributed by atoms with van der Waals surface area (Å²) in [6.45, 7) is 0.291. The van der Waals surface area contributed by atoms with Crippen LogP contribution in [0.3, 0.4) is 0 Å². The van der Waals surface area contributed by atoms with E-state index in [4.69, 9.17) is 12.2 Å². The Morgan fingerprint density at radius 1 is 1.65 bits per heavy atom. The summed E-state index contributed by atoms with van der Waals surface area (Å²) in [5, 5.41) is 4.96. The number of carbonyl (C=O) groups is 1.